The Morgan fingerprint density at radius 1 is 1.00 bits per heavy atom. The van der Waals surface area contributed by atoms with Crippen molar-refractivity contribution in [2.24, 2.45) is 23.5 Å². The van der Waals surface area contributed by atoms with Crippen molar-refractivity contribution in [3.8, 4) is 0 Å². The van der Waals surface area contributed by atoms with Gasteiger partial charge in [0.25, 0.3) is 0 Å². The molecule has 16 heavy (non-hydrogen) atoms. The first-order valence-electron chi connectivity index (χ1n) is 6.62. The quantitative estimate of drug-likeness (QED) is 0.806. The molecule has 2 unspecified atom stereocenters. The maximum absolute atomic E-state index is 6.11. The van der Waals surface area contributed by atoms with Gasteiger partial charge in [0.05, 0.1) is 0 Å². The molecule has 0 amide bonds. The van der Waals surface area contributed by atoms with Gasteiger partial charge in [-0.25, -0.2) is 0 Å². The molecule has 2 N–H and O–H groups in total. The molecule has 1 heteroatoms. The summed E-state index contributed by atoms with van der Waals surface area (Å²) < 4.78 is 0. The van der Waals surface area contributed by atoms with Crippen molar-refractivity contribution in [3.63, 3.8) is 0 Å². The lowest BCUT2D eigenvalue weighted by atomic mass is 9.74. The van der Waals surface area contributed by atoms with E-state index in [1.165, 1.54) is 37.7 Å². The third kappa shape index (κ3) is 1.89. The molecule has 1 nitrogen and oxygen atoms in total. The Hall–Kier alpha value is -0.820. The van der Waals surface area contributed by atoms with Crippen LogP contribution in [0.3, 0.4) is 0 Å². The third-order valence-corrected chi connectivity index (χ3v) is 4.64. The van der Waals surface area contributed by atoms with Gasteiger partial charge in [-0.15, -0.1) is 0 Å². The SMILES string of the molecule is NC1C[C@H]2CC[C@@H](C1)C2Cc1ccccc1. The van der Waals surface area contributed by atoms with Crippen LogP contribution in [0.2, 0.25) is 0 Å². The highest BCUT2D eigenvalue weighted by Gasteiger charge is 2.41. The summed E-state index contributed by atoms with van der Waals surface area (Å²) in [7, 11) is 0. The zero-order chi connectivity index (χ0) is 11.0. The normalized spacial score (nSPS) is 37.6. The summed E-state index contributed by atoms with van der Waals surface area (Å²) in [6, 6.07) is 11.5. The number of nitrogens with two attached hydrogens (primary N) is 1. The van der Waals surface area contributed by atoms with E-state index in [1.807, 2.05) is 0 Å². The highest BCUT2D eigenvalue weighted by molar-refractivity contribution is 5.16. The molecular formula is C15H21N. The lowest BCUT2D eigenvalue weighted by molar-refractivity contribution is 0.205. The van der Waals surface area contributed by atoms with Crippen molar-refractivity contribution < 1.29 is 0 Å². The van der Waals surface area contributed by atoms with Crippen molar-refractivity contribution in [2.45, 2.75) is 38.1 Å². The van der Waals surface area contributed by atoms with Crippen LogP contribution >= 0.6 is 0 Å². The Morgan fingerprint density at radius 2 is 1.62 bits per heavy atom. The van der Waals surface area contributed by atoms with Gasteiger partial charge in [0, 0.05) is 6.04 Å². The summed E-state index contributed by atoms with van der Waals surface area (Å²) in [6.45, 7) is 0. The smallest absolute Gasteiger partial charge is 0.00443 e. The molecular weight excluding hydrogens is 194 g/mol. The first-order valence-corrected chi connectivity index (χ1v) is 6.62. The average Bonchev–Trinajstić information content (AvgIpc) is 2.54. The molecule has 0 heterocycles. The van der Waals surface area contributed by atoms with Crippen LogP contribution in [0.15, 0.2) is 30.3 Å². The van der Waals surface area contributed by atoms with Gasteiger partial charge < -0.3 is 5.73 Å². The van der Waals surface area contributed by atoms with Gasteiger partial charge in [0.1, 0.15) is 0 Å². The zero-order valence-electron chi connectivity index (χ0n) is 9.81. The first-order chi connectivity index (χ1) is 7.83. The Bertz CT molecular complexity index is 332. The molecule has 2 aliphatic carbocycles. The largest absolute Gasteiger partial charge is 0.328 e. The van der Waals surface area contributed by atoms with Gasteiger partial charge in [0.2, 0.25) is 0 Å². The molecule has 2 aliphatic rings. The molecule has 86 valence electrons. The van der Waals surface area contributed by atoms with Crippen LogP contribution in [0.5, 0.6) is 0 Å². The summed E-state index contributed by atoms with van der Waals surface area (Å²) in [5, 5.41) is 0. The molecule has 0 radical (unpaired) electrons. The Kier molecular flexibility index (Phi) is 2.72. The van der Waals surface area contributed by atoms with Gasteiger partial charge in [-0.2, -0.15) is 0 Å². The van der Waals surface area contributed by atoms with Crippen molar-refractivity contribution in [1.29, 1.82) is 0 Å². The molecule has 0 aliphatic heterocycles. The van der Waals surface area contributed by atoms with E-state index >= 15 is 0 Å². The van der Waals surface area contributed by atoms with E-state index in [9.17, 15) is 0 Å². The van der Waals surface area contributed by atoms with Crippen LogP contribution in [0.1, 0.15) is 31.2 Å². The van der Waals surface area contributed by atoms with Crippen molar-refractivity contribution >= 4 is 0 Å². The number of rotatable bonds is 2. The lowest BCUT2D eigenvalue weighted by Crippen LogP contribution is -2.35. The number of benzene rings is 1. The average molecular weight is 215 g/mol. The lowest BCUT2D eigenvalue weighted by Gasteiger charge is -2.33. The number of hydrogen-bond donors (Lipinski definition) is 1. The highest BCUT2D eigenvalue weighted by atomic mass is 14.7. The molecule has 0 spiro atoms. The van der Waals surface area contributed by atoms with E-state index in [-0.39, 0.29) is 0 Å². The van der Waals surface area contributed by atoms with E-state index in [1.54, 1.807) is 0 Å². The van der Waals surface area contributed by atoms with E-state index < -0.39 is 0 Å². The summed E-state index contributed by atoms with van der Waals surface area (Å²) in [5.74, 6) is 2.74. The third-order valence-electron chi connectivity index (χ3n) is 4.64. The fraction of sp³-hybridized carbons (Fsp3) is 0.600. The standard InChI is InChI=1S/C15H21N/c16-14-9-12-6-7-13(10-14)15(12)8-11-4-2-1-3-5-11/h1-5,12-15H,6-10,16H2/t12-,13+,14?,15?. The number of fused-ring (bicyclic) bond motifs is 2. The summed E-state index contributed by atoms with van der Waals surface area (Å²) in [6.07, 6.45) is 6.68. The van der Waals surface area contributed by atoms with Gasteiger partial charge in [-0.3, -0.25) is 0 Å². The molecule has 1 aromatic carbocycles. The fourth-order valence-electron chi connectivity index (χ4n) is 3.92. The maximum atomic E-state index is 6.11. The predicted molar refractivity (Wildman–Crippen MR) is 67.1 cm³/mol. The number of hydrogen-bond acceptors (Lipinski definition) is 1. The van der Waals surface area contributed by atoms with Gasteiger partial charge in [0.15, 0.2) is 0 Å². The van der Waals surface area contributed by atoms with E-state index in [0.717, 1.165) is 17.8 Å². The van der Waals surface area contributed by atoms with Gasteiger partial charge in [-0.05, 0) is 55.4 Å². The van der Waals surface area contributed by atoms with Crippen LogP contribution in [0, 0.1) is 17.8 Å². The molecule has 2 saturated carbocycles. The van der Waals surface area contributed by atoms with Gasteiger partial charge >= 0.3 is 0 Å². The maximum Gasteiger partial charge on any atom is 0.00443 e. The van der Waals surface area contributed by atoms with Crippen LogP contribution in [-0.2, 0) is 6.42 Å². The van der Waals surface area contributed by atoms with Crippen molar-refractivity contribution in [2.75, 3.05) is 0 Å². The van der Waals surface area contributed by atoms with Crippen molar-refractivity contribution in [3.05, 3.63) is 35.9 Å². The summed E-state index contributed by atoms with van der Waals surface area (Å²) in [5.41, 5.74) is 7.62. The Balaban J connectivity index is 1.72. The van der Waals surface area contributed by atoms with Gasteiger partial charge in [-0.1, -0.05) is 30.3 Å². The molecule has 2 fully saturated rings. The molecule has 0 aromatic heterocycles. The summed E-state index contributed by atoms with van der Waals surface area (Å²) >= 11 is 0. The van der Waals surface area contributed by atoms with E-state index in [0.29, 0.717) is 6.04 Å². The Labute approximate surface area is 98.0 Å². The second kappa shape index (κ2) is 4.21. The molecule has 4 atom stereocenters. The molecule has 2 bridgehead atoms. The van der Waals surface area contributed by atoms with Crippen LogP contribution in [-0.4, -0.2) is 6.04 Å². The second-order valence-electron chi connectivity index (χ2n) is 5.68. The molecule has 1 aromatic rings. The van der Waals surface area contributed by atoms with Crippen molar-refractivity contribution in [1.82, 2.24) is 0 Å². The minimum absolute atomic E-state index is 0.490. The highest BCUT2D eigenvalue weighted by Crippen LogP contribution is 2.47. The monoisotopic (exact) mass is 215 g/mol. The minimum Gasteiger partial charge on any atom is -0.328 e. The van der Waals surface area contributed by atoms with Crippen LogP contribution < -0.4 is 5.73 Å². The topological polar surface area (TPSA) is 26.0 Å². The minimum atomic E-state index is 0.490. The fourth-order valence-corrected chi connectivity index (χ4v) is 3.92. The second-order valence-corrected chi connectivity index (χ2v) is 5.68. The Morgan fingerprint density at radius 3 is 2.25 bits per heavy atom. The van der Waals surface area contributed by atoms with E-state index in [2.05, 4.69) is 30.3 Å². The molecule has 0 saturated heterocycles. The van der Waals surface area contributed by atoms with Crippen LogP contribution in [0.4, 0.5) is 0 Å². The van der Waals surface area contributed by atoms with Crippen LogP contribution in [0.25, 0.3) is 0 Å². The summed E-state index contributed by atoms with van der Waals surface area (Å²) in [4.78, 5) is 0. The zero-order valence-corrected chi connectivity index (χ0v) is 9.81. The predicted octanol–water partition coefficient (Wildman–Crippen LogP) is 2.99. The van der Waals surface area contributed by atoms with E-state index in [4.69, 9.17) is 5.73 Å². The first kappa shape index (κ1) is 10.3. The molecule has 3 rings (SSSR count).